The van der Waals surface area contributed by atoms with Crippen LogP contribution < -0.4 is 14.8 Å². The fourth-order valence-electron chi connectivity index (χ4n) is 2.58. The van der Waals surface area contributed by atoms with E-state index in [9.17, 15) is 9.59 Å². The van der Waals surface area contributed by atoms with Crippen molar-refractivity contribution in [1.82, 2.24) is 4.98 Å². The summed E-state index contributed by atoms with van der Waals surface area (Å²) in [6.45, 7) is 0. The highest BCUT2D eigenvalue weighted by atomic mass is 16.5. The molecule has 1 aromatic heterocycles. The largest absolute Gasteiger partial charge is 0.481 e. The van der Waals surface area contributed by atoms with Gasteiger partial charge in [0.25, 0.3) is 0 Å². The average molecular weight is 312 g/mol. The van der Waals surface area contributed by atoms with Crippen molar-refractivity contribution < 1.29 is 19.1 Å². The second kappa shape index (κ2) is 6.48. The first kappa shape index (κ1) is 15.0. The zero-order chi connectivity index (χ0) is 16.2. The molecular weight excluding hydrogens is 296 g/mol. The minimum atomic E-state index is -0.312. The van der Waals surface area contributed by atoms with Crippen molar-refractivity contribution in [3.05, 3.63) is 48.2 Å². The summed E-state index contributed by atoms with van der Waals surface area (Å²) >= 11 is 0. The number of ether oxygens (including phenoxy) is 2. The lowest BCUT2D eigenvalue weighted by Gasteiger charge is -2.23. The maximum atomic E-state index is 12.2. The highest BCUT2D eigenvalue weighted by Gasteiger charge is 2.28. The molecule has 0 unspecified atom stereocenters. The number of anilines is 1. The Balaban J connectivity index is 1.69. The molecule has 0 bridgehead atoms. The number of benzene rings is 1. The standard InChI is InChI=1S/C17H16N2O4/c1-22-16-7-6-12(10-18-16)19-15(20)8-11-9-17(21)23-14-5-3-2-4-13(11)14/h2-7,10-11H,8-9H2,1H3,(H,19,20)/t11-/m0/s1. The molecule has 0 aliphatic carbocycles. The Bertz CT molecular complexity index is 728. The van der Waals surface area contributed by atoms with E-state index in [4.69, 9.17) is 9.47 Å². The number of fused-ring (bicyclic) bond motifs is 1. The number of carbonyl (C=O) groups is 2. The van der Waals surface area contributed by atoms with Gasteiger partial charge < -0.3 is 14.8 Å². The molecule has 2 heterocycles. The van der Waals surface area contributed by atoms with E-state index in [1.54, 1.807) is 24.3 Å². The number of esters is 1. The van der Waals surface area contributed by atoms with E-state index < -0.39 is 0 Å². The van der Waals surface area contributed by atoms with Gasteiger partial charge in [-0.3, -0.25) is 9.59 Å². The van der Waals surface area contributed by atoms with Crippen molar-refractivity contribution >= 4 is 17.6 Å². The van der Waals surface area contributed by atoms with Gasteiger partial charge in [0.15, 0.2) is 0 Å². The Hall–Kier alpha value is -2.89. The summed E-state index contributed by atoms with van der Waals surface area (Å²) < 4.78 is 10.2. The second-order valence-corrected chi connectivity index (χ2v) is 5.25. The minimum Gasteiger partial charge on any atom is -0.481 e. The van der Waals surface area contributed by atoms with Gasteiger partial charge in [0.2, 0.25) is 11.8 Å². The van der Waals surface area contributed by atoms with Gasteiger partial charge in [-0.1, -0.05) is 18.2 Å². The number of methoxy groups -OCH3 is 1. The Kier molecular flexibility index (Phi) is 4.23. The Morgan fingerprint density at radius 2 is 2.17 bits per heavy atom. The topological polar surface area (TPSA) is 77.5 Å². The van der Waals surface area contributed by atoms with E-state index in [-0.39, 0.29) is 30.6 Å². The summed E-state index contributed by atoms with van der Waals surface area (Å²) in [6, 6.07) is 10.7. The lowest BCUT2D eigenvalue weighted by molar-refractivity contribution is -0.136. The quantitative estimate of drug-likeness (QED) is 0.693. The molecule has 23 heavy (non-hydrogen) atoms. The number of carbonyl (C=O) groups excluding carboxylic acids is 2. The number of rotatable bonds is 4. The van der Waals surface area contributed by atoms with E-state index in [0.717, 1.165) is 5.56 Å². The van der Waals surface area contributed by atoms with Crippen LogP contribution in [0.25, 0.3) is 0 Å². The first-order valence-electron chi connectivity index (χ1n) is 7.25. The Labute approximate surface area is 133 Å². The molecular formula is C17H16N2O4. The predicted molar refractivity (Wildman–Crippen MR) is 83.5 cm³/mol. The van der Waals surface area contributed by atoms with Crippen LogP contribution in [0.15, 0.2) is 42.6 Å². The van der Waals surface area contributed by atoms with Gasteiger partial charge in [-0.2, -0.15) is 0 Å². The Morgan fingerprint density at radius 1 is 1.35 bits per heavy atom. The molecule has 1 aliphatic rings. The van der Waals surface area contributed by atoms with Crippen molar-refractivity contribution in [2.24, 2.45) is 0 Å². The molecule has 0 radical (unpaired) electrons. The van der Waals surface area contributed by atoms with Crippen LogP contribution in [0.3, 0.4) is 0 Å². The molecule has 3 rings (SSSR count). The van der Waals surface area contributed by atoms with Gasteiger partial charge in [0.1, 0.15) is 5.75 Å². The van der Waals surface area contributed by atoms with E-state index in [1.165, 1.54) is 13.3 Å². The lowest BCUT2D eigenvalue weighted by Crippen LogP contribution is -2.24. The van der Waals surface area contributed by atoms with Gasteiger partial charge in [-0.05, 0) is 17.7 Å². The number of nitrogens with zero attached hydrogens (tertiary/aromatic N) is 1. The number of hydrogen-bond acceptors (Lipinski definition) is 5. The van der Waals surface area contributed by atoms with E-state index in [0.29, 0.717) is 17.3 Å². The molecule has 0 saturated carbocycles. The van der Waals surface area contributed by atoms with Crippen molar-refractivity contribution in [3.63, 3.8) is 0 Å². The molecule has 0 spiro atoms. The van der Waals surface area contributed by atoms with E-state index in [2.05, 4.69) is 10.3 Å². The zero-order valence-electron chi connectivity index (χ0n) is 12.6. The molecule has 1 aromatic carbocycles. The summed E-state index contributed by atoms with van der Waals surface area (Å²) in [5.74, 6) is 0.345. The maximum Gasteiger partial charge on any atom is 0.311 e. The van der Waals surface area contributed by atoms with Crippen molar-refractivity contribution in [1.29, 1.82) is 0 Å². The SMILES string of the molecule is COc1ccc(NC(=O)C[C@H]2CC(=O)Oc3ccccc32)cn1. The van der Waals surface area contributed by atoms with Gasteiger partial charge >= 0.3 is 5.97 Å². The smallest absolute Gasteiger partial charge is 0.311 e. The van der Waals surface area contributed by atoms with Crippen LogP contribution in [0.2, 0.25) is 0 Å². The lowest BCUT2D eigenvalue weighted by atomic mass is 9.89. The number of aromatic nitrogens is 1. The molecule has 1 aliphatic heterocycles. The first-order valence-corrected chi connectivity index (χ1v) is 7.25. The first-order chi connectivity index (χ1) is 11.2. The summed E-state index contributed by atoms with van der Waals surface area (Å²) in [5, 5.41) is 2.78. The molecule has 1 atom stereocenters. The monoisotopic (exact) mass is 312 g/mol. The van der Waals surface area contributed by atoms with Crippen LogP contribution in [0.5, 0.6) is 11.6 Å². The van der Waals surface area contributed by atoms with Gasteiger partial charge in [0, 0.05) is 18.4 Å². The third kappa shape index (κ3) is 3.48. The van der Waals surface area contributed by atoms with Crippen LogP contribution in [0.4, 0.5) is 5.69 Å². The maximum absolute atomic E-state index is 12.2. The molecule has 1 amide bonds. The van der Waals surface area contributed by atoms with Crippen molar-refractivity contribution in [3.8, 4) is 11.6 Å². The highest BCUT2D eigenvalue weighted by molar-refractivity contribution is 5.92. The van der Waals surface area contributed by atoms with Crippen molar-refractivity contribution in [2.45, 2.75) is 18.8 Å². The Morgan fingerprint density at radius 3 is 2.91 bits per heavy atom. The molecule has 0 fully saturated rings. The zero-order valence-corrected chi connectivity index (χ0v) is 12.6. The van der Waals surface area contributed by atoms with Crippen LogP contribution in [-0.4, -0.2) is 24.0 Å². The van der Waals surface area contributed by atoms with Gasteiger partial charge in [-0.25, -0.2) is 4.98 Å². The van der Waals surface area contributed by atoms with Crippen LogP contribution in [-0.2, 0) is 9.59 Å². The molecule has 0 saturated heterocycles. The summed E-state index contributed by atoms with van der Waals surface area (Å²) in [7, 11) is 1.53. The van der Waals surface area contributed by atoms with E-state index in [1.807, 2.05) is 12.1 Å². The third-order valence-corrected chi connectivity index (χ3v) is 3.66. The average Bonchev–Trinajstić information content (AvgIpc) is 2.55. The minimum absolute atomic E-state index is 0.175. The third-order valence-electron chi connectivity index (χ3n) is 3.66. The fourth-order valence-corrected chi connectivity index (χ4v) is 2.58. The molecule has 118 valence electrons. The summed E-state index contributed by atoms with van der Waals surface area (Å²) in [6.07, 6.45) is 1.93. The highest BCUT2D eigenvalue weighted by Crippen LogP contribution is 2.36. The van der Waals surface area contributed by atoms with Crippen LogP contribution in [0.1, 0.15) is 24.3 Å². The number of para-hydroxylation sites is 1. The molecule has 1 N–H and O–H groups in total. The van der Waals surface area contributed by atoms with Gasteiger partial charge in [-0.15, -0.1) is 0 Å². The molecule has 6 heteroatoms. The normalized spacial score (nSPS) is 16.2. The number of pyridine rings is 1. The van der Waals surface area contributed by atoms with Gasteiger partial charge in [0.05, 0.1) is 25.4 Å². The summed E-state index contributed by atoms with van der Waals surface area (Å²) in [4.78, 5) is 27.9. The van der Waals surface area contributed by atoms with Crippen molar-refractivity contribution in [2.75, 3.05) is 12.4 Å². The van der Waals surface area contributed by atoms with Crippen LogP contribution >= 0.6 is 0 Å². The fraction of sp³-hybridized carbons (Fsp3) is 0.235. The van der Waals surface area contributed by atoms with Crippen LogP contribution in [0, 0.1) is 0 Å². The number of amides is 1. The predicted octanol–water partition coefficient (Wildman–Crippen LogP) is 2.51. The number of hydrogen-bond donors (Lipinski definition) is 1. The second-order valence-electron chi connectivity index (χ2n) is 5.25. The van der Waals surface area contributed by atoms with E-state index >= 15 is 0 Å². The molecule has 6 nitrogen and oxygen atoms in total. The summed E-state index contributed by atoms with van der Waals surface area (Å²) in [5.41, 5.74) is 1.47. The molecule has 2 aromatic rings. The number of nitrogens with one attached hydrogen (secondary N) is 1.